The van der Waals surface area contributed by atoms with Gasteiger partial charge < -0.3 is 24.4 Å². The average molecular weight is 639 g/mol. The number of benzene rings is 2. The number of ether oxygens (including phenoxy) is 2. The summed E-state index contributed by atoms with van der Waals surface area (Å²) in [7, 11) is 0.171. The van der Waals surface area contributed by atoms with E-state index in [0.717, 1.165) is 47.0 Å². The Hall–Kier alpha value is -3.26. The van der Waals surface area contributed by atoms with Crippen molar-refractivity contribution in [3.8, 4) is 11.5 Å². The minimum atomic E-state index is -4.49. The molecule has 0 unspecified atom stereocenters. The number of carbonyl (C=O) groups excluding carboxylic acids is 2. The average Bonchev–Trinajstić information content (AvgIpc) is 3.52. The number of methoxy groups -OCH3 is 2. The van der Waals surface area contributed by atoms with Crippen LogP contribution < -0.4 is 19.1 Å². The van der Waals surface area contributed by atoms with Crippen molar-refractivity contribution in [1.29, 1.82) is 0 Å². The molecule has 14 heteroatoms. The highest BCUT2D eigenvalue weighted by molar-refractivity contribution is 7.93. The van der Waals surface area contributed by atoms with E-state index in [4.69, 9.17) is 21.1 Å². The number of aldehydes is 2. The van der Waals surface area contributed by atoms with Gasteiger partial charge in [-0.25, -0.2) is 22.1 Å². The summed E-state index contributed by atoms with van der Waals surface area (Å²) in [5.41, 5.74) is 0.725. The first-order chi connectivity index (χ1) is 20.1. The molecule has 1 aromatic heterocycles. The Balaban J connectivity index is 1.67. The summed E-state index contributed by atoms with van der Waals surface area (Å²) in [5, 5.41) is 5.00. The van der Waals surface area contributed by atoms with Crippen molar-refractivity contribution in [2.75, 3.05) is 30.9 Å². The molecule has 0 radical (unpaired) electrons. The molecule has 0 amide bonds. The fraction of sp³-hybridized carbons (Fsp3) is 0.393. The van der Waals surface area contributed by atoms with Gasteiger partial charge in [-0.15, -0.1) is 11.3 Å². The molecule has 42 heavy (non-hydrogen) atoms. The number of anilines is 2. The number of likely N-dealkylation sites (N-methyl/N-ethyl adjacent to an activating group) is 1. The summed E-state index contributed by atoms with van der Waals surface area (Å²) in [6.45, 7) is -0.190. The number of hydrogen-bond donors (Lipinski definition) is 1. The summed E-state index contributed by atoms with van der Waals surface area (Å²) >= 11 is 7.64. The third kappa shape index (κ3) is 6.69. The van der Waals surface area contributed by atoms with Gasteiger partial charge in [0.05, 0.1) is 31.5 Å². The molecule has 10 nitrogen and oxygen atoms in total. The fourth-order valence-corrected chi connectivity index (χ4v) is 7.72. The molecule has 0 bridgehead atoms. The summed E-state index contributed by atoms with van der Waals surface area (Å²) in [6, 6.07) is 5.77. The summed E-state index contributed by atoms with van der Waals surface area (Å²) in [5.74, 6) is -0.0773. The molecular formula is C28H32ClFN4O6S2. The first-order valence-corrected chi connectivity index (χ1v) is 15.9. The monoisotopic (exact) mass is 638 g/mol. The minimum absolute atomic E-state index is 0.00499. The number of halogens is 2. The third-order valence-corrected chi connectivity index (χ3v) is 10.3. The van der Waals surface area contributed by atoms with E-state index >= 15 is 4.39 Å². The molecule has 1 fully saturated rings. The van der Waals surface area contributed by atoms with Crippen molar-refractivity contribution < 1.29 is 31.9 Å². The Kier molecular flexibility index (Phi) is 10.4. The van der Waals surface area contributed by atoms with Crippen LogP contribution in [-0.2, 0) is 26.2 Å². The zero-order valence-corrected chi connectivity index (χ0v) is 25.7. The zero-order valence-electron chi connectivity index (χ0n) is 23.3. The van der Waals surface area contributed by atoms with Crippen LogP contribution in [-0.4, -0.2) is 70.3 Å². The third-order valence-electron chi connectivity index (χ3n) is 7.37. The molecule has 1 N–H and O–H groups in total. The Morgan fingerprint density at radius 3 is 2.55 bits per heavy atom. The normalized spacial score (nSPS) is 17.2. The minimum Gasteiger partial charge on any atom is -0.497 e. The van der Waals surface area contributed by atoms with E-state index in [1.807, 2.05) is 0 Å². The van der Waals surface area contributed by atoms with Crippen molar-refractivity contribution >= 4 is 56.4 Å². The van der Waals surface area contributed by atoms with Gasteiger partial charge in [0, 0.05) is 35.3 Å². The lowest BCUT2D eigenvalue weighted by Gasteiger charge is -2.40. The highest BCUT2D eigenvalue weighted by Crippen LogP contribution is 2.36. The second-order valence-corrected chi connectivity index (χ2v) is 12.9. The molecule has 0 saturated heterocycles. The number of nitrogens with one attached hydrogen (secondary N) is 1. The molecule has 0 aliphatic heterocycles. The van der Waals surface area contributed by atoms with Crippen LogP contribution in [0.5, 0.6) is 11.5 Å². The van der Waals surface area contributed by atoms with E-state index in [0.29, 0.717) is 36.1 Å². The molecule has 0 spiro atoms. The lowest BCUT2D eigenvalue weighted by molar-refractivity contribution is -0.121. The van der Waals surface area contributed by atoms with Gasteiger partial charge >= 0.3 is 0 Å². The molecule has 3 aromatic rings. The maximum Gasteiger partial charge on any atom is 0.269 e. The van der Waals surface area contributed by atoms with Crippen molar-refractivity contribution in [1.82, 2.24) is 9.88 Å². The van der Waals surface area contributed by atoms with Gasteiger partial charge in [-0.3, -0.25) is 4.90 Å². The molecule has 1 aliphatic carbocycles. The van der Waals surface area contributed by atoms with Crippen molar-refractivity contribution in [3.05, 3.63) is 58.3 Å². The quantitative estimate of drug-likeness (QED) is 0.209. The fourth-order valence-electron chi connectivity index (χ4n) is 5.10. The molecule has 4 rings (SSSR count). The first kappa shape index (κ1) is 31.7. The van der Waals surface area contributed by atoms with E-state index in [9.17, 15) is 18.0 Å². The van der Waals surface area contributed by atoms with E-state index in [-0.39, 0.29) is 34.5 Å². The van der Waals surface area contributed by atoms with Crippen LogP contribution >= 0.6 is 22.9 Å². The number of nitrogens with zero attached hydrogens (tertiary/aromatic N) is 3. The van der Waals surface area contributed by atoms with Gasteiger partial charge in [0.1, 0.15) is 40.8 Å². The maximum atomic E-state index is 15.7. The van der Waals surface area contributed by atoms with Gasteiger partial charge in [0.2, 0.25) is 0 Å². The van der Waals surface area contributed by atoms with Gasteiger partial charge in [-0.05, 0) is 44.2 Å². The molecular weight excluding hydrogens is 607 g/mol. The van der Waals surface area contributed by atoms with Crippen LogP contribution in [0.15, 0.2) is 46.8 Å². The van der Waals surface area contributed by atoms with Crippen molar-refractivity contribution in [3.63, 3.8) is 0 Å². The van der Waals surface area contributed by atoms with Crippen LogP contribution in [0.25, 0.3) is 0 Å². The van der Waals surface area contributed by atoms with E-state index in [1.54, 1.807) is 35.5 Å². The van der Waals surface area contributed by atoms with Crippen molar-refractivity contribution in [2.24, 2.45) is 0 Å². The Morgan fingerprint density at radius 2 is 1.90 bits per heavy atom. The van der Waals surface area contributed by atoms with Crippen LogP contribution in [0, 0.1) is 5.82 Å². The van der Waals surface area contributed by atoms with Gasteiger partial charge in [-0.2, -0.15) is 0 Å². The SMILES string of the molecule is COc1ccc(CN(c2nccs2)S(=O)(=O)c2cc(Cl)c(N[C@H]3CCCC[C@@H]3N(C)C(C=O)C=O)cc2F)c(OC)c1. The second-order valence-electron chi connectivity index (χ2n) is 9.80. The lowest BCUT2D eigenvalue weighted by Crippen LogP contribution is -2.52. The summed E-state index contributed by atoms with van der Waals surface area (Å²) in [6.07, 6.45) is 5.83. The van der Waals surface area contributed by atoms with Crippen LogP contribution in [0.1, 0.15) is 31.2 Å². The molecule has 1 saturated carbocycles. The highest BCUT2D eigenvalue weighted by atomic mass is 35.5. The number of aromatic nitrogens is 1. The molecule has 1 aliphatic rings. The predicted octanol–water partition coefficient (Wildman–Crippen LogP) is 4.77. The largest absolute Gasteiger partial charge is 0.497 e. The van der Waals surface area contributed by atoms with Crippen LogP contribution in [0.4, 0.5) is 15.2 Å². The van der Waals surface area contributed by atoms with E-state index in [2.05, 4.69) is 10.3 Å². The molecule has 2 atom stereocenters. The maximum absolute atomic E-state index is 15.7. The van der Waals surface area contributed by atoms with Gasteiger partial charge in [0.15, 0.2) is 5.13 Å². The smallest absolute Gasteiger partial charge is 0.269 e. The van der Waals surface area contributed by atoms with Crippen LogP contribution in [0.2, 0.25) is 5.02 Å². The number of carbonyl (C=O) groups is 2. The number of sulfonamides is 1. The molecule has 1 heterocycles. The predicted molar refractivity (Wildman–Crippen MR) is 160 cm³/mol. The Morgan fingerprint density at radius 1 is 1.17 bits per heavy atom. The van der Waals surface area contributed by atoms with Gasteiger partial charge in [0.25, 0.3) is 10.0 Å². The standard InChI is InChI=1S/C28H32ClFN4O6S2/c1-33(19(16-35)17-36)25-7-5-4-6-23(25)32-24-14-22(30)27(13-21(24)29)42(37,38)34(28-31-10-11-41-28)15-18-8-9-20(39-2)12-26(18)40-3/h8-14,16-17,19,23,25,32H,4-7,15H2,1-3H3/t23-,25-/m0/s1. The van der Waals surface area contributed by atoms with E-state index < -0.39 is 26.8 Å². The van der Waals surface area contributed by atoms with Crippen LogP contribution in [0.3, 0.4) is 0 Å². The molecule has 2 aromatic carbocycles. The summed E-state index contributed by atoms with van der Waals surface area (Å²) in [4.78, 5) is 28.0. The number of hydrogen-bond acceptors (Lipinski definition) is 10. The zero-order chi connectivity index (χ0) is 30.4. The second kappa shape index (κ2) is 13.8. The molecule has 226 valence electrons. The van der Waals surface area contributed by atoms with Crippen molar-refractivity contribution in [2.45, 2.75) is 55.2 Å². The Labute approximate surface area is 253 Å². The topological polar surface area (TPSA) is 118 Å². The number of rotatable bonds is 13. The lowest BCUT2D eigenvalue weighted by atomic mass is 9.88. The highest BCUT2D eigenvalue weighted by Gasteiger charge is 2.34. The Bertz CT molecular complexity index is 1500. The summed E-state index contributed by atoms with van der Waals surface area (Å²) < 4.78 is 55.3. The number of thiazole rings is 1. The van der Waals surface area contributed by atoms with E-state index in [1.165, 1.54) is 20.4 Å². The first-order valence-electron chi connectivity index (χ1n) is 13.2. The van der Waals surface area contributed by atoms with Gasteiger partial charge in [-0.1, -0.05) is 24.4 Å².